The lowest BCUT2D eigenvalue weighted by molar-refractivity contribution is 0.151. The van der Waals surface area contributed by atoms with Crippen LogP contribution in [-0.2, 0) is 0 Å². The second kappa shape index (κ2) is 5.16. The summed E-state index contributed by atoms with van der Waals surface area (Å²) in [6, 6.07) is 10.6. The molecule has 2 aliphatic rings. The van der Waals surface area contributed by atoms with Crippen molar-refractivity contribution in [2.75, 3.05) is 6.61 Å². The molecule has 0 amide bonds. The lowest BCUT2D eigenvalue weighted by Crippen LogP contribution is -2.60. The van der Waals surface area contributed by atoms with Crippen LogP contribution < -0.4 is 5.32 Å². The van der Waals surface area contributed by atoms with E-state index >= 15 is 0 Å². The first-order valence-electron chi connectivity index (χ1n) is 6.89. The molecule has 0 saturated carbocycles. The van der Waals surface area contributed by atoms with Gasteiger partial charge in [0.15, 0.2) is 0 Å². The Labute approximate surface area is 113 Å². The number of benzene rings is 1. The maximum atomic E-state index is 9.28. The van der Waals surface area contributed by atoms with Gasteiger partial charge in [0.05, 0.1) is 12.7 Å². The fraction of sp³-hybridized carbons (Fsp3) is 0.438. The summed E-state index contributed by atoms with van der Waals surface area (Å²) in [5.74, 6) is 0.113. The van der Waals surface area contributed by atoms with Gasteiger partial charge in [-0.1, -0.05) is 30.3 Å². The third-order valence-electron chi connectivity index (χ3n) is 4.23. The van der Waals surface area contributed by atoms with E-state index in [0.717, 1.165) is 5.56 Å². The predicted octanol–water partition coefficient (Wildman–Crippen LogP) is 2.19. The number of allylic oxidation sites excluding steroid dienone is 2. The van der Waals surface area contributed by atoms with Gasteiger partial charge in [0, 0.05) is 12.0 Å². The van der Waals surface area contributed by atoms with Crippen molar-refractivity contribution in [2.45, 2.75) is 37.3 Å². The number of rotatable bonds is 3. The molecule has 1 fully saturated rings. The zero-order valence-electron chi connectivity index (χ0n) is 10.8. The zero-order chi connectivity index (χ0) is 13.2. The average Bonchev–Trinajstić information content (AvgIpc) is 2.93. The fourth-order valence-corrected chi connectivity index (χ4v) is 3.11. The van der Waals surface area contributed by atoms with Gasteiger partial charge in [-0.25, -0.2) is 0 Å². The topological polar surface area (TPSA) is 56.0 Å². The molecular formula is C16H18N2O. The summed E-state index contributed by atoms with van der Waals surface area (Å²) in [7, 11) is 0. The third-order valence-corrected chi connectivity index (χ3v) is 4.23. The van der Waals surface area contributed by atoms with Gasteiger partial charge < -0.3 is 5.11 Å². The Bertz CT molecular complexity index is 527. The van der Waals surface area contributed by atoms with E-state index in [1.165, 1.54) is 30.4 Å². The minimum Gasteiger partial charge on any atom is -0.395 e. The molecule has 0 spiro atoms. The number of nitrogens with one attached hydrogen (secondary N) is 1. The lowest BCUT2D eigenvalue weighted by atomic mass is 9.78. The van der Waals surface area contributed by atoms with Crippen molar-refractivity contribution in [3.8, 4) is 6.07 Å². The van der Waals surface area contributed by atoms with Gasteiger partial charge >= 0.3 is 0 Å². The molecule has 1 aromatic carbocycles. The number of hydrogen-bond acceptors (Lipinski definition) is 3. The van der Waals surface area contributed by atoms with Gasteiger partial charge in [-0.05, 0) is 36.0 Å². The molecule has 1 aliphatic heterocycles. The van der Waals surface area contributed by atoms with Crippen LogP contribution in [0.15, 0.2) is 30.3 Å². The van der Waals surface area contributed by atoms with Gasteiger partial charge in [0.1, 0.15) is 6.04 Å². The summed E-state index contributed by atoms with van der Waals surface area (Å²) in [5.41, 5.74) is 3.88. The van der Waals surface area contributed by atoms with Crippen LogP contribution in [0, 0.1) is 11.3 Å². The Balaban J connectivity index is 1.80. The molecule has 1 heterocycles. The summed E-state index contributed by atoms with van der Waals surface area (Å²) >= 11 is 0. The van der Waals surface area contributed by atoms with E-state index in [1.807, 2.05) is 0 Å². The Morgan fingerprint density at radius 2 is 2.11 bits per heavy atom. The van der Waals surface area contributed by atoms with Crippen LogP contribution in [0.5, 0.6) is 0 Å². The van der Waals surface area contributed by atoms with Gasteiger partial charge in [-0.3, -0.25) is 5.32 Å². The first-order valence-corrected chi connectivity index (χ1v) is 6.89. The first-order chi connectivity index (χ1) is 9.33. The van der Waals surface area contributed by atoms with E-state index in [0.29, 0.717) is 0 Å². The molecule has 0 aromatic heterocycles. The van der Waals surface area contributed by atoms with E-state index < -0.39 is 0 Å². The maximum Gasteiger partial charge on any atom is 0.104 e. The van der Waals surface area contributed by atoms with Gasteiger partial charge in [-0.15, -0.1) is 0 Å². The van der Waals surface area contributed by atoms with Crippen molar-refractivity contribution in [3.05, 3.63) is 41.5 Å². The monoisotopic (exact) mass is 254 g/mol. The summed E-state index contributed by atoms with van der Waals surface area (Å²) in [6.45, 7) is 0.0791. The normalized spacial score (nSPS) is 29.5. The van der Waals surface area contributed by atoms with Crippen molar-refractivity contribution in [2.24, 2.45) is 0 Å². The van der Waals surface area contributed by atoms with E-state index in [1.54, 1.807) is 0 Å². The molecule has 98 valence electrons. The van der Waals surface area contributed by atoms with Crippen molar-refractivity contribution >= 4 is 5.57 Å². The van der Waals surface area contributed by atoms with Gasteiger partial charge in [0.2, 0.25) is 0 Å². The van der Waals surface area contributed by atoms with Crippen LogP contribution in [0.25, 0.3) is 5.57 Å². The minimum absolute atomic E-state index is 0.0150. The number of nitriles is 1. The van der Waals surface area contributed by atoms with E-state index in [2.05, 4.69) is 41.7 Å². The summed E-state index contributed by atoms with van der Waals surface area (Å²) in [4.78, 5) is 0. The number of aliphatic hydroxyl groups is 1. The molecule has 2 N–H and O–H groups in total. The molecule has 3 nitrogen and oxygen atoms in total. The van der Waals surface area contributed by atoms with Crippen molar-refractivity contribution in [1.29, 1.82) is 5.26 Å². The second-order valence-electron chi connectivity index (χ2n) is 5.33. The summed E-state index contributed by atoms with van der Waals surface area (Å²) in [5, 5.41) is 21.4. The largest absolute Gasteiger partial charge is 0.395 e. The van der Waals surface area contributed by atoms with Crippen LogP contribution >= 0.6 is 0 Å². The molecule has 1 aliphatic carbocycles. The van der Waals surface area contributed by atoms with Crippen LogP contribution in [0.4, 0.5) is 0 Å². The molecule has 1 saturated heterocycles. The van der Waals surface area contributed by atoms with Crippen LogP contribution in [0.2, 0.25) is 0 Å². The number of hydrogen-bond donors (Lipinski definition) is 2. The standard InChI is InChI=1S/C16H18N2O/c17-9-14-16(15(10-19)18-14)13-7-5-12(6-8-13)11-3-1-2-4-11/h3,5-8,14-16,18-19H,1-2,4,10H2/t14-,15+,16-/m1/s1. The lowest BCUT2D eigenvalue weighted by Gasteiger charge is -2.42. The van der Waals surface area contributed by atoms with Gasteiger partial charge in [0.25, 0.3) is 0 Å². The highest BCUT2D eigenvalue weighted by molar-refractivity contribution is 5.67. The highest BCUT2D eigenvalue weighted by atomic mass is 16.3. The highest BCUT2D eigenvalue weighted by Crippen LogP contribution is 2.33. The fourth-order valence-electron chi connectivity index (χ4n) is 3.11. The molecule has 0 unspecified atom stereocenters. The van der Waals surface area contributed by atoms with Crippen LogP contribution in [0.1, 0.15) is 36.3 Å². The SMILES string of the molecule is N#C[C@H]1N[C@@H](CO)[C@@H]1c1ccc(C2=CCCC2)cc1. The van der Waals surface area contributed by atoms with E-state index in [-0.39, 0.29) is 24.6 Å². The third kappa shape index (κ3) is 2.18. The predicted molar refractivity (Wildman–Crippen MR) is 74.4 cm³/mol. The molecular weight excluding hydrogens is 236 g/mol. The Morgan fingerprint density at radius 1 is 1.32 bits per heavy atom. The van der Waals surface area contributed by atoms with Crippen LogP contribution in [-0.4, -0.2) is 23.8 Å². The molecule has 3 heteroatoms. The van der Waals surface area contributed by atoms with E-state index in [4.69, 9.17) is 5.26 Å². The number of nitrogens with zero attached hydrogens (tertiary/aromatic N) is 1. The molecule has 19 heavy (non-hydrogen) atoms. The van der Waals surface area contributed by atoms with Crippen molar-refractivity contribution in [3.63, 3.8) is 0 Å². The summed E-state index contributed by atoms with van der Waals surface area (Å²) in [6.07, 6.45) is 5.93. The quantitative estimate of drug-likeness (QED) is 0.869. The zero-order valence-corrected chi connectivity index (χ0v) is 10.8. The average molecular weight is 254 g/mol. The minimum atomic E-state index is -0.173. The molecule has 0 radical (unpaired) electrons. The number of aliphatic hydroxyl groups excluding tert-OH is 1. The Hall–Kier alpha value is -1.63. The first kappa shape index (κ1) is 12.4. The molecule has 1 aromatic rings. The molecule has 3 rings (SSSR count). The van der Waals surface area contributed by atoms with Crippen LogP contribution in [0.3, 0.4) is 0 Å². The molecule has 3 atom stereocenters. The Kier molecular flexibility index (Phi) is 3.37. The van der Waals surface area contributed by atoms with Crippen molar-refractivity contribution in [1.82, 2.24) is 5.32 Å². The maximum absolute atomic E-state index is 9.28. The summed E-state index contributed by atoms with van der Waals surface area (Å²) < 4.78 is 0. The van der Waals surface area contributed by atoms with Crippen molar-refractivity contribution < 1.29 is 5.11 Å². The second-order valence-corrected chi connectivity index (χ2v) is 5.33. The van der Waals surface area contributed by atoms with Gasteiger partial charge in [-0.2, -0.15) is 5.26 Å². The Morgan fingerprint density at radius 3 is 2.68 bits per heavy atom. The smallest absolute Gasteiger partial charge is 0.104 e. The highest BCUT2D eigenvalue weighted by Gasteiger charge is 2.41. The molecule has 0 bridgehead atoms. The van der Waals surface area contributed by atoms with E-state index in [9.17, 15) is 5.11 Å².